The molecule has 0 spiro atoms. The van der Waals surface area contributed by atoms with E-state index in [9.17, 15) is 4.39 Å². The van der Waals surface area contributed by atoms with E-state index < -0.39 is 0 Å². The van der Waals surface area contributed by atoms with Crippen molar-refractivity contribution in [3.63, 3.8) is 0 Å². The van der Waals surface area contributed by atoms with E-state index in [2.05, 4.69) is 0 Å². The van der Waals surface area contributed by atoms with Gasteiger partial charge in [0.1, 0.15) is 5.82 Å². The number of halogens is 1. The van der Waals surface area contributed by atoms with E-state index in [-0.39, 0.29) is 11.9 Å². The van der Waals surface area contributed by atoms with E-state index in [1.54, 1.807) is 19.1 Å². The van der Waals surface area contributed by atoms with E-state index in [0.29, 0.717) is 6.42 Å². The van der Waals surface area contributed by atoms with E-state index in [4.69, 9.17) is 5.11 Å². The first-order chi connectivity index (χ1) is 5.18. The van der Waals surface area contributed by atoms with Crippen LogP contribution in [0.2, 0.25) is 0 Å². The Morgan fingerprint density at radius 2 is 1.91 bits per heavy atom. The van der Waals surface area contributed by atoms with Crippen molar-refractivity contribution in [1.82, 2.24) is 0 Å². The minimum absolute atomic E-state index is 0.237. The van der Waals surface area contributed by atoms with Crippen molar-refractivity contribution in [2.75, 3.05) is 0 Å². The van der Waals surface area contributed by atoms with Gasteiger partial charge in [-0.05, 0) is 31.0 Å². The molecule has 0 heterocycles. The molecule has 1 atom stereocenters. The van der Waals surface area contributed by atoms with E-state index >= 15 is 0 Å². The quantitative estimate of drug-likeness (QED) is 0.688. The van der Waals surface area contributed by atoms with Gasteiger partial charge in [-0.3, -0.25) is 0 Å². The first-order valence-corrected chi connectivity index (χ1v) is 3.61. The third kappa shape index (κ3) is 2.68. The minimum Gasteiger partial charge on any atom is -0.393 e. The Hall–Kier alpha value is -0.890. The van der Waals surface area contributed by atoms with Gasteiger partial charge >= 0.3 is 0 Å². The number of hydrogen-bond acceptors (Lipinski definition) is 1. The molecule has 60 valence electrons. The molecule has 0 aromatic heterocycles. The molecule has 0 fully saturated rings. The fraction of sp³-hybridized carbons (Fsp3) is 0.333. The Bertz CT molecular complexity index is 216. The van der Waals surface area contributed by atoms with Gasteiger partial charge in [-0.1, -0.05) is 12.1 Å². The molecule has 0 saturated carbocycles. The molecule has 0 saturated heterocycles. The van der Waals surface area contributed by atoms with Crippen LogP contribution in [0, 0.1) is 5.82 Å². The van der Waals surface area contributed by atoms with Crippen molar-refractivity contribution in [2.45, 2.75) is 19.4 Å². The molecular formula is C9H11FO. The summed E-state index contributed by atoms with van der Waals surface area (Å²) in [6.07, 6.45) is 0.223. The Morgan fingerprint density at radius 3 is 2.36 bits per heavy atom. The average Bonchev–Trinajstić information content (AvgIpc) is 1.93. The van der Waals surface area contributed by atoms with Crippen LogP contribution in [0.1, 0.15) is 12.5 Å². The van der Waals surface area contributed by atoms with Crippen LogP contribution < -0.4 is 0 Å². The zero-order valence-electron chi connectivity index (χ0n) is 6.42. The number of aliphatic hydroxyl groups is 1. The van der Waals surface area contributed by atoms with Crippen molar-refractivity contribution in [3.05, 3.63) is 35.6 Å². The number of hydrogen-bond donors (Lipinski definition) is 1. The summed E-state index contributed by atoms with van der Waals surface area (Å²) in [5.74, 6) is -0.237. The average molecular weight is 154 g/mol. The van der Waals surface area contributed by atoms with E-state index in [1.807, 2.05) is 0 Å². The summed E-state index contributed by atoms with van der Waals surface area (Å²) in [5, 5.41) is 8.98. The maximum Gasteiger partial charge on any atom is 0.123 e. The van der Waals surface area contributed by atoms with Gasteiger partial charge in [0.15, 0.2) is 0 Å². The fourth-order valence-corrected chi connectivity index (χ4v) is 0.962. The number of benzene rings is 1. The lowest BCUT2D eigenvalue weighted by Gasteiger charge is -2.02. The molecule has 0 radical (unpaired) electrons. The van der Waals surface area contributed by atoms with Crippen LogP contribution >= 0.6 is 0 Å². The van der Waals surface area contributed by atoms with Crippen LogP contribution in [0.3, 0.4) is 0 Å². The number of aliphatic hydroxyl groups excluding tert-OH is 1. The van der Waals surface area contributed by atoms with Crippen LogP contribution in [0.5, 0.6) is 0 Å². The first kappa shape index (κ1) is 8.21. The fourth-order valence-electron chi connectivity index (χ4n) is 0.962. The molecule has 1 N–H and O–H groups in total. The van der Waals surface area contributed by atoms with Crippen molar-refractivity contribution in [1.29, 1.82) is 0 Å². The van der Waals surface area contributed by atoms with Crippen molar-refractivity contribution >= 4 is 0 Å². The van der Waals surface area contributed by atoms with Crippen molar-refractivity contribution < 1.29 is 9.50 Å². The second-order valence-corrected chi connectivity index (χ2v) is 2.68. The zero-order chi connectivity index (χ0) is 8.27. The molecule has 1 aromatic carbocycles. The van der Waals surface area contributed by atoms with Gasteiger partial charge in [-0.15, -0.1) is 0 Å². The summed E-state index contributed by atoms with van der Waals surface area (Å²) in [7, 11) is 0. The third-order valence-corrected chi connectivity index (χ3v) is 1.44. The molecule has 0 aliphatic rings. The van der Waals surface area contributed by atoms with Gasteiger partial charge in [0, 0.05) is 0 Å². The van der Waals surface area contributed by atoms with Crippen molar-refractivity contribution in [3.8, 4) is 0 Å². The molecule has 1 nitrogen and oxygen atoms in total. The highest BCUT2D eigenvalue weighted by Gasteiger charge is 1.97. The van der Waals surface area contributed by atoms with E-state index in [0.717, 1.165) is 5.56 Å². The van der Waals surface area contributed by atoms with Gasteiger partial charge < -0.3 is 5.11 Å². The molecule has 0 unspecified atom stereocenters. The monoisotopic (exact) mass is 154 g/mol. The Morgan fingerprint density at radius 1 is 1.36 bits per heavy atom. The molecule has 0 amide bonds. The predicted molar refractivity (Wildman–Crippen MR) is 41.8 cm³/mol. The lowest BCUT2D eigenvalue weighted by molar-refractivity contribution is 0.195. The van der Waals surface area contributed by atoms with Crippen LogP contribution in [-0.2, 0) is 6.42 Å². The summed E-state index contributed by atoms with van der Waals surface area (Å²) in [6, 6.07) is 6.17. The zero-order valence-corrected chi connectivity index (χ0v) is 6.42. The molecule has 0 aliphatic heterocycles. The van der Waals surface area contributed by atoms with Crippen molar-refractivity contribution in [2.24, 2.45) is 0 Å². The lowest BCUT2D eigenvalue weighted by atomic mass is 10.1. The number of rotatable bonds is 2. The SMILES string of the molecule is C[C@@H](O)Cc1ccc(F)cc1. The molecular weight excluding hydrogens is 143 g/mol. The largest absolute Gasteiger partial charge is 0.393 e. The van der Waals surface area contributed by atoms with Crippen LogP contribution in [0.15, 0.2) is 24.3 Å². The van der Waals surface area contributed by atoms with Gasteiger partial charge in [-0.25, -0.2) is 4.39 Å². The smallest absolute Gasteiger partial charge is 0.123 e. The van der Waals surface area contributed by atoms with Gasteiger partial charge in [0.25, 0.3) is 0 Å². The van der Waals surface area contributed by atoms with Crippen LogP contribution in [-0.4, -0.2) is 11.2 Å². The van der Waals surface area contributed by atoms with Gasteiger partial charge in [-0.2, -0.15) is 0 Å². The molecule has 1 aromatic rings. The lowest BCUT2D eigenvalue weighted by Crippen LogP contribution is -2.03. The highest BCUT2D eigenvalue weighted by Crippen LogP contribution is 2.04. The summed E-state index contributed by atoms with van der Waals surface area (Å²) < 4.78 is 12.4. The van der Waals surface area contributed by atoms with E-state index in [1.165, 1.54) is 12.1 Å². The highest BCUT2D eigenvalue weighted by molar-refractivity contribution is 5.16. The summed E-state index contributed by atoms with van der Waals surface area (Å²) in [4.78, 5) is 0. The summed E-state index contributed by atoms with van der Waals surface area (Å²) in [5.41, 5.74) is 0.960. The maximum atomic E-state index is 12.4. The second-order valence-electron chi connectivity index (χ2n) is 2.68. The maximum absolute atomic E-state index is 12.4. The Balaban J connectivity index is 2.66. The molecule has 2 heteroatoms. The molecule has 11 heavy (non-hydrogen) atoms. The normalized spacial score (nSPS) is 13.0. The first-order valence-electron chi connectivity index (χ1n) is 3.61. The summed E-state index contributed by atoms with van der Waals surface area (Å²) in [6.45, 7) is 1.71. The Labute approximate surface area is 65.5 Å². The highest BCUT2D eigenvalue weighted by atomic mass is 19.1. The standard InChI is InChI=1S/C9H11FO/c1-7(11)6-8-2-4-9(10)5-3-8/h2-5,7,11H,6H2,1H3/t7-/m1/s1. The minimum atomic E-state index is -0.361. The molecule has 0 bridgehead atoms. The third-order valence-electron chi connectivity index (χ3n) is 1.44. The molecule has 1 rings (SSSR count). The topological polar surface area (TPSA) is 20.2 Å². The predicted octanol–water partition coefficient (Wildman–Crippen LogP) is 1.75. The van der Waals surface area contributed by atoms with Gasteiger partial charge in [0.05, 0.1) is 6.10 Å². The Kier molecular flexibility index (Phi) is 2.60. The molecule has 0 aliphatic carbocycles. The second kappa shape index (κ2) is 3.49. The summed E-state index contributed by atoms with van der Waals surface area (Å²) >= 11 is 0. The van der Waals surface area contributed by atoms with Gasteiger partial charge in [0.2, 0.25) is 0 Å². The van der Waals surface area contributed by atoms with Crippen LogP contribution in [0.25, 0.3) is 0 Å². The van der Waals surface area contributed by atoms with Crippen LogP contribution in [0.4, 0.5) is 4.39 Å².